The van der Waals surface area contributed by atoms with Crippen LogP contribution in [-0.4, -0.2) is 44.2 Å². The van der Waals surface area contributed by atoms with E-state index in [9.17, 15) is 8.42 Å². The topological polar surface area (TPSA) is 49.4 Å². The third-order valence-corrected chi connectivity index (χ3v) is 6.20. The summed E-state index contributed by atoms with van der Waals surface area (Å²) in [6, 6.07) is 8.26. The van der Waals surface area contributed by atoms with Crippen molar-refractivity contribution < 1.29 is 8.42 Å². The average molecular weight is 296 g/mol. The lowest BCUT2D eigenvalue weighted by molar-refractivity contribution is 0.417. The molecule has 0 saturated carbocycles. The first-order valence-corrected chi connectivity index (χ1v) is 8.82. The zero-order chi connectivity index (χ0) is 14.6. The molecular formula is C15H24N2O2S. The number of nitrogens with one attached hydrogen (secondary N) is 1. The standard InChI is InChI=1S/C15H24N2O2S/c1-3-16-12-13(2)20(18,19)17-10-8-14-6-4-5-7-15(14)9-11-17/h4-7,13,16H,3,8-12H2,1-2H3. The second kappa shape index (κ2) is 6.70. The summed E-state index contributed by atoms with van der Waals surface area (Å²) in [4.78, 5) is 0. The maximum absolute atomic E-state index is 12.6. The Labute approximate surface area is 122 Å². The van der Waals surface area contributed by atoms with Crippen LogP contribution in [0.1, 0.15) is 25.0 Å². The molecule has 1 heterocycles. The molecule has 0 radical (unpaired) electrons. The molecule has 0 aromatic heterocycles. The Hall–Kier alpha value is -0.910. The summed E-state index contributed by atoms with van der Waals surface area (Å²) < 4.78 is 26.8. The van der Waals surface area contributed by atoms with Gasteiger partial charge in [-0.1, -0.05) is 31.2 Å². The molecule has 1 unspecified atom stereocenters. The van der Waals surface area contributed by atoms with Crippen LogP contribution < -0.4 is 5.32 Å². The van der Waals surface area contributed by atoms with Gasteiger partial charge in [0.2, 0.25) is 10.0 Å². The normalized spacial score (nSPS) is 18.3. The highest BCUT2D eigenvalue weighted by molar-refractivity contribution is 7.89. The van der Waals surface area contributed by atoms with Gasteiger partial charge in [0.1, 0.15) is 0 Å². The van der Waals surface area contributed by atoms with Gasteiger partial charge in [0.05, 0.1) is 5.25 Å². The molecule has 1 atom stereocenters. The van der Waals surface area contributed by atoms with Gasteiger partial charge in [-0.2, -0.15) is 0 Å². The molecule has 1 aromatic carbocycles. The van der Waals surface area contributed by atoms with Gasteiger partial charge in [0, 0.05) is 19.6 Å². The number of fused-ring (bicyclic) bond motifs is 1. The molecule has 2 rings (SSSR count). The Morgan fingerprint density at radius 3 is 2.25 bits per heavy atom. The van der Waals surface area contributed by atoms with E-state index in [2.05, 4.69) is 17.4 Å². The minimum Gasteiger partial charge on any atom is -0.316 e. The van der Waals surface area contributed by atoms with Crippen LogP contribution in [0.4, 0.5) is 0 Å². The first-order chi connectivity index (χ1) is 9.55. The minimum absolute atomic E-state index is 0.372. The molecule has 0 saturated heterocycles. The number of rotatable bonds is 5. The lowest BCUT2D eigenvalue weighted by Gasteiger charge is -2.24. The van der Waals surface area contributed by atoms with Gasteiger partial charge < -0.3 is 5.32 Å². The van der Waals surface area contributed by atoms with Gasteiger partial charge in [-0.25, -0.2) is 12.7 Å². The van der Waals surface area contributed by atoms with Crippen LogP contribution in [0, 0.1) is 0 Å². The molecule has 1 N–H and O–H groups in total. The summed E-state index contributed by atoms with van der Waals surface area (Å²) in [5, 5.41) is 2.75. The van der Waals surface area contributed by atoms with E-state index in [0.717, 1.165) is 19.4 Å². The Kier molecular flexibility index (Phi) is 5.18. The molecule has 5 heteroatoms. The fraction of sp³-hybridized carbons (Fsp3) is 0.600. The van der Waals surface area contributed by atoms with Gasteiger partial charge in [-0.05, 0) is 37.4 Å². The first kappa shape index (κ1) is 15.5. The van der Waals surface area contributed by atoms with Crippen LogP contribution in [-0.2, 0) is 22.9 Å². The van der Waals surface area contributed by atoms with Crippen molar-refractivity contribution in [1.82, 2.24) is 9.62 Å². The van der Waals surface area contributed by atoms with Gasteiger partial charge >= 0.3 is 0 Å². The Balaban J connectivity index is 2.08. The third kappa shape index (κ3) is 3.40. The fourth-order valence-electron chi connectivity index (χ4n) is 2.61. The van der Waals surface area contributed by atoms with E-state index in [1.807, 2.05) is 19.1 Å². The summed E-state index contributed by atoms with van der Waals surface area (Å²) in [6.07, 6.45) is 1.62. The Morgan fingerprint density at radius 1 is 1.20 bits per heavy atom. The van der Waals surface area contributed by atoms with Crippen LogP contribution in [0.15, 0.2) is 24.3 Å². The maximum atomic E-state index is 12.6. The summed E-state index contributed by atoms with van der Waals surface area (Å²) in [5.74, 6) is 0. The number of hydrogen-bond acceptors (Lipinski definition) is 3. The van der Waals surface area contributed by atoms with Gasteiger partial charge in [-0.15, -0.1) is 0 Å². The molecule has 0 aliphatic carbocycles. The molecule has 0 bridgehead atoms. The van der Waals surface area contributed by atoms with E-state index in [0.29, 0.717) is 19.6 Å². The highest BCUT2D eigenvalue weighted by Gasteiger charge is 2.29. The van der Waals surface area contributed by atoms with E-state index in [4.69, 9.17) is 0 Å². The van der Waals surface area contributed by atoms with Gasteiger partial charge in [-0.3, -0.25) is 0 Å². The van der Waals surface area contributed by atoms with E-state index in [1.54, 1.807) is 11.2 Å². The number of sulfonamides is 1. The Morgan fingerprint density at radius 2 is 1.75 bits per heavy atom. The molecule has 0 fully saturated rings. The van der Waals surface area contributed by atoms with Crippen molar-refractivity contribution in [3.8, 4) is 0 Å². The molecule has 112 valence electrons. The summed E-state index contributed by atoms with van der Waals surface area (Å²) in [6.45, 7) is 6.27. The van der Waals surface area contributed by atoms with Crippen molar-refractivity contribution in [3.05, 3.63) is 35.4 Å². The van der Waals surface area contributed by atoms with Crippen molar-refractivity contribution in [1.29, 1.82) is 0 Å². The van der Waals surface area contributed by atoms with Crippen molar-refractivity contribution >= 4 is 10.0 Å². The summed E-state index contributed by atoms with van der Waals surface area (Å²) in [7, 11) is -3.20. The van der Waals surface area contributed by atoms with Gasteiger partial charge in [0.25, 0.3) is 0 Å². The zero-order valence-corrected chi connectivity index (χ0v) is 13.1. The monoisotopic (exact) mass is 296 g/mol. The highest BCUT2D eigenvalue weighted by Crippen LogP contribution is 2.19. The molecule has 1 aliphatic rings. The minimum atomic E-state index is -3.20. The predicted octanol–water partition coefficient (Wildman–Crippen LogP) is 1.41. The van der Waals surface area contributed by atoms with Crippen molar-refractivity contribution in [2.75, 3.05) is 26.2 Å². The fourth-order valence-corrected chi connectivity index (χ4v) is 4.14. The van der Waals surface area contributed by atoms with Crippen LogP contribution in [0.3, 0.4) is 0 Å². The molecule has 0 spiro atoms. The molecule has 1 aromatic rings. The van der Waals surface area contributed by atoms with Gasteiger partial charge in [0.15, 0.2) is 0 Å². The van der Waals surface area contributed by atoms with Crippen LogP contribution in [0.5, 0.6) is 0 Å². The molecular weight excluding hydrogens is 272 g/mol. The molecule has 0 amide bonds. The van der Waals surface area contributed by atoms with E-state index in [-0.39, 0.29) is 5.25 Å². The largest absolute Gasteiger partial charge is 0.316 e. The molecule has 20 heavy (non-hydrogen) atoms. The van der Waals surface area contributed by atoms with Crippen LogP contribution >= 0.6 is 0 Å². The second-order valence-corrected chi connectivity index (χ2v) is 7.68. The number of benzene rings is 1. The smallest absolute Gasteiger partial charge is 0.217 e. The van der Waals surface area contributed by atoms with E-state index >= 15 is 0 Å². The summed E-state index contributed by atoms with van der Waals surface area (Å²) in [5.41, 5.74) is 2.56. The highest BCUT2D eigenvalue weighted by atomic mass is 32.2. The average Bonchev–Trinajstić information content (AvgIpc) is 2.67. The van der Waals surface area contributed by atoms with Crippen LogP contribution in [0.25, 0.3) is 0 Å². The van der Waals surface area contributed by atoms with Crippen molar-refractivity contribution in [3.63, 3.8) is 0 Å². The van der Waals surface area contributed by atoms with E-state index < -0.39 is 10.0 Å². The molecule has 4 nitrogen and oxygen atoms in total. The van der Waals surface area contributed by atoms with Crippen LogP contribution in [0.2, 0.25) is 0 Å². The lowest BCUT2D eigenvalue weighted by Crippen LogP contribution is -2.43. The van der Waals surface area contributed by atoms with E-state index in [1.165, 1.54) is 11.1 Å². The number of nitrogens with zero attached hydrogens (tertiary/aromatic N) is 1. The SMILES string of the molecule is CCNCC(C)S(=O)(=O)N1CCc2ccccc2CC1. The van der Waals surface area contributed by atoms with Crippen molar-refractivity contribution in [2.24, 2.45) is 0 Å². The third-order valence-electron chi connectivity index (χ3n) is 3.93. The summed E-state index contributed by atoms with van der Waals surface area (Å²) >= 11 is 0. The second-order valence-electron chi connectivity index (χ2n) is 5.33. The maximum Gasteiger partial charge on any atom is 0.217 e. The molecule has 1 aliphatic heterocycles. The lowest BCUT2D eigenvalue weighted by atomic mass is 10.0. The van der Waals surface area contributed by atoms with Crippen molar-refractivity contribution in [2.45, 2.75) is 31.9 Å². The predicted molar refractivity (Wildman–Crippen MR) is 82.3 cm³/mol. The quantitative estimate of drug-likeness (QED) is 0.894. The first-order valence-electron chi connectivity index (χ1n) is 7.32. The Bertz CT molecular complexity index is 516. The number of hydrogen-bond donors (Lipinski definition) is 1. The zero-order valence-electron chi connectivity index (χ0n) is 12.3.